The lowest BCUT2D eigenvalue weighted by Crippen LogP contribution is -2.51. The smallest absolute Gasteiger partial charge is 0.167 e. The van der Waals surface area contributed by atoms with Gasteiger partial charge in [0.15, 0.2) is 6.29 Å². The van der Waals surface area contributed by atoms with Gasteiger partial charge >= 0.3 is 0 Å². The lowest BCUT2D eigenvalue weighted by Gasteiger charge is -2.40. The molecule has 5 atom stereocenters. The normalized spacial score (nSPS) is 32.4. The van der Waals surface area contributed by atoms with Crippen LogP contribution in [-0.4, -0.2) is 24.6 Å². The summed E-state index contributed by atoms with van der Waals surface area (Å²) in [5.74, 6) is -0.430. The van der Waals surface area contributed by atoms with E-state index in [0.29, 0.717) is 13.0 Å². The molecule has 114 valence electrons. The van der Waals surface area contributed by atoms with Crippen molar-refractivity contribution >= 4 is 0 Å². The zero-order valence-electron chi connectivity index (χ0n) is 12.2. The van der Waals surface area contributed by atoms with Crippen LogP contribution in [0.15, 0.2) is 35.4 Å². The van der Waals surface area contributed by atoms with Gasteiger partial charge in [0.25, 0.3) is 0 Å². The third kappa shape index (κ3) is 3.73. The monoisotopic (exact) mass is 293 g/mol. The summed E-state index contributed by atoms with van der Waals surface area (Å²) < 4.78 is 25.6. The van der Waals surface area contributed by atoms with Crippen molar-refractivity contribution in [3.8, 4) is 0 Å². The fourth-order valence-corrected chi connectivity index (χ4v) is 2.53. The lowest BCUT2D eigenvalue weighted by atomic mass is 9.89. The summed E-state index contributed by atoms with van der Waals surface area (Å²) in [5, 5.41) is 3.67. The van der Waals surface area contributed by atoms with Crippen molar-refractivity contribution in [2.75, 3.05) is 0 Å². The van der Waals surface area contributed by atoms with Crippen LogP contribution in [0.25, 0.3) is 10.4 Å². The molecule has 21 heavy (non-hydrogen) atoms. The van der Waals surface area contributed by atoms with E-state index in [0.717, 1.165) is 5.56 Å². The maximum atomic E-state index is 14.2. The lowest BCUT2D eigenvalue weighted by molar-refractivity contribution is -0.239. The highest BCUT2D eigenvalue weighted by Crippen LogP contribution is 2.32. The number of hydrogen-bond acceptors (Lipinski definition) is 3. The van der Waals surface area contributed by atoms with Crippen molar-refractivity contribution < 1.29 is 13.9 Å². The number of benzene rings is 1. The van der Waals surface area contributed by atoms with Crippen molar-refractivity contribution in [2.45, 2.75) is 51.5 Å². The highest BCUT2D eigenvalue weighted by atomic mass is 19.1. The first kappa shape index (κ1) is 15.8. The Morgan fingerprint density at radius 3 is 2.71 bits per heavy atom. The predicted molar refractivity (Wildman–Crippen MR) is 77.2 cm³/mol. The molecule has 0 aromatic heterocycles. The summed E-state index contributed by atoms with van der Waals surface area (Å²) >= 11 is 0. The Labute approximate surface area is 123 Å². The Bertz CT molecular complexity index is 493. The van der Waals surface area contributed by atoms with Gasteiger partial charge < -0.3 is 9.47 Å². The molecule has 1 fully saturated rings. The fraction of sp³-hybridized carbons (Fsp3) is 0.600. The molecule has 2 unspecified atom stereocenters. The Morgan fingerprint density at radius 2 is 2.10 bits per heavy atom. The van der Waals surface area contributed by atoms with Crippen LogP contribution >= 0.6 is 0 Å². The Hall–Kier alpha value is -1.62. The van der Waals surface area contributed by atoms with Crippen molar-refractivity contribution in [1.29, 1.82) is 0 Å². The maximum absolute atomic E-state index is 14.2. The first-order valence-electron chi connectivity index (χ1n) is 7.16. The van der Waals surface area contributed by atoms with Gasteiger partial charge in [0.2, 0.25) is 0 Å². The molecule has 1 heterocycles. The third-order valence-electron chi connectivity index (χ3n) is 3.83. The Morgan fingerprint density at radius 1 is 1.38 bits per heavy atom. The summed E-state index contributed by atoms with van der Waals surface area (Å²) in [6.07, 6.45) is -1.83. The molecule has 1 saturated heterocycles. The molecule has 6 heteroatoms. The largest absolute Gasteiger partial charge is 0.348 e. The molecule has 2 rings (SSSR count). The molecule has 5 nitrogen and oxygen atoms in total. The molecule has 0 aliphatic carbocycles. The van der Waals surface area contributed by atoms with Gasteiger partial charge in [-0.15, -0.1) is 0 Å². The molecule has 0 spiro atoms. The van der Waals surface area contributed by atoms with Crippen LogP contribution < -0.4 is 0 Å². The molecule has 0 amide bonds. The van der Waals surface area contributed by atoms with E-state index in [2.05, 4.69) is 10.0 Å². The van der Waals surface area contributed by atoms with Gasteiger partial charge in [-0.25, -0.2) is 4.39 Å². The van der Waals surface area contributed by atoms with Crippen molar-refractivity contribution in [1.82, 2.24) is 0 Å². The molecular formula is C15H20FN3O2. The van der Waals surface area contributed by atoms with E-state index in [4.69, 9.17) is 15.0 Å². The maximum Gasteiger partial charge on any atom is 0.167 e. The number of halogens is 1. The van der Waals surface area contributed by atoms with Crippen LogP contribution in [0, 0.1) is 5.92 Å². The molecule has 1 aromatic rings. The molecule has 1 aliphatic rings. The number of azide groups is 1. The molecule has 0 radical (unpaired) electrons. The van der Waals surface area contributed by atoms with Gasteiger partial charge in [-0.3, -0.25) is 0 Å². The molecule has 0 saturated carbocycles. The number of hydrogen-bond donors (Lipinski definition) is 0. The first-order valence-corrected chi connectivity index (χ1v) is 7.16. The van der Waals surface area contributed by atoms with Crippen LogP contribution in [0.1, 0.15) is 25.8 Å². The van der Waals surface area contributed by atoms with E-state index < -0.39 is 30.5 Å². The minimum Gasteiger partial charge on any atom is -0.348 e. The van der Waals surface area contributed by atoms with E-state index in [9.17, 15) is 4.39 Å². The average Bonchev–Trinajstić information content (AvgIpc) is 2.52. The average molecular weight is 293 g/mol. The summed E-state index contributed by atoms with van der Waals surface area (Å²) in [7, 11) is 0. The molecule has 0 N–H and O–H groups in total. The van der Waals surface area contributed by atoms with Crippen LogP contribution in [0.4, 0.5) is 4.39 Å². The topological polar surface area (TPSA) is 67.2 Å². The van der Waals surface area contributed by atoms with Crippen LogP contribution in [0.3, 0.4) is 0 Å². The van der Waals surface area contributed by atoms with Gasteiger partial charge in [0.05, 0.1) is 18.8 Å². The number of nitrogens with zero attached hydrogens (tertiary/aromatic N) is 3. The number of ether oxygens (including phenoxy) is 2. The third-order valence-corrected chi connectivity index (χ3v) is 3.83. The minimum absolute atomic E-state index is 0.336. The fourth-order valence-electron chi connectivity index (χ4n) is 2.53. The second-order valence-electron chi connectivity index (χ2n) is 5.25. The van der Waals surface area contributed by atoms with E-state index >= 15 is 0 Å². The van der Waals surface area contributed by atoms with Gasteiger partial charge in [-0.05, 0) is 17.5 Å². The van der Waals surface area contributed by atoms with Crippen molar-refractivity contribution in [2.24, 2.45) is 11.0 Å². The summed E-state index contributed by atoms with van der Waals surface area (Å²) in [6, 6.07) is 8.97. The Kier molecular flexibility index (Phi) is 5.56. The van der Waals surface area contributed by atoms with Crippen LogP contribution in [0.2, 0.25) is 0 Å². The summed E-state index contributed by atoms with van der Waals surface area (Å²) in [6.45, 7) is 3.93. The highest BCUT2D eigenvalue weighted by molar-refractivity contribution is 5.13. The van der Waals surface area contributed by atoms with E-state index in [1.165, 1.54) is 0 Å². The second kappa shape index (κ2) is 7.41. The molecule has 1 aliphatic heterocycles. The van der Waals surface area contributed by atoms with E-state index in [-0.39, 0.29) is 0 Å². The highest BCUT2D eigenvalue weighted by Gasteiger charge is 2.43. The minimum atomic E-state index is -1.15. The van der Waals surface area contributed by atoms with Gasteiger partial charge in [0.1, 0.15) is 6.17 Å². The summed E-state index contributed by atoms with van der Waals surface area (Å²) in [4.78, 5) is 2.80. The van der Waals surface area contributed by atoms with E-state index in [1.807, 2.05) is 37.3 Å². The zero-order valence-corrected chi connectivity index (χ0v) is 12.2. The summed E-state index contributed by atoms with van der Waals surface area (Å²) in [5.41, 5.74) is 9.66. The zero-order chi connectivity index (χ0) is 15.2. The van der Waals surface area contributed by atoms with E-state index in [1.54, 1.807) is 6.92 Å². The second-order valence-corrected chi connectivity index (χ2v) is 5.25. The van der Waals surface area contributed by atoms with Crippen molar-refractivity contribution in [3.05, 3.63) is 46.3 Å². The first-order chi connectivity index (χ1) is 10.2. The quantitative estimate of drug-likeness (QED) is 0.468. The van der Waals surface area contributed by atoms with Crippen LogP contribution in [0.5, 0.6) is 0 Å². The van der Waals surface area contributed by atoms with Crippen molar-refractivity contribution in [3.63, 3.8) is 0 Å². The van der Waals surface area contributed by atoms with Gasteiger partial charge in [-0.1, -0.05) is 49.3 Å². The Balaban J connectivity index is 2.08. The molecule has 1 aromatic carbocycles. The number of alkyl halides is 1. The SMILES string of the molecule is CCC1O[C@@H](OCc2ccccc2)C(N=[N+]=[N-])[C@@H](C)[C@H]1F. The van der Waals surface area contributed by atoms with Gasteiger partial charge in [0, 0.05) is 10.8 Å². The standard InChI is InChI=1S/C15H20FN3O2/c1-3-12-13(16)10(2)14(18-19-17)15(21-12)20-9-11-7-5-4-6-8-11/h4-8,10,12-15H,3,9H2,1-2H3/t10-,12?,13+,14?,15+/m0/s1. The number of rotatable bonds is 5. The molecular weight excluding hydrogens is 273 g/mol. The predicted octanol–water partition coefficient (Wildman–Crippen LogP) is 3.99. The van der Waals surface area contributed by atoms with Gasteiger partial charge in [-0.2, -0.15) is 0 Å². The molecule has 0 bridgehead atoms. The van der Waals surface area contributed by atoms with Crippen LogP contribution in [-0.2, 0) is 16.1 Å².